The fraction of sp³-hybridized carbons (Fsp3) is 0.455. The molecule has 0 amide bonds. The van der Waals surface area contributed by atoms with E-state index in [9.17, 15) is 20.4 Å². The number of hydrogen-bond acceptors (Lipinski definition) is 12. The number of nitrogens with one attached hydrogen (secondary N) is 5. The molecule has 0 fully saturated rings. The number of likely N-dealkylation sites (N-methyl/N-ethyl adjacent to an activating group) is 1. The molecular formula is C55H65N5O8. The Labute approximate surface area is 398 Å². The van der Waals surface area contributed by atoms with E-state index in [1.54, 1.807) is 12.1 Å². The minimum Gasteiger partial charge on any atom is -0.507 e. The Morgan fingerprint density at radius 1 is 0.971 bits per heavy atom. The maximum Gasteiger partial charge on any atom is 0.161 e. The number of H-pyrrole nitrogens is 1. The fourth-order valence-corrected chi connectivity index (χ4v) is 11.9. The van der Waals surface area contributed by atoms with E-state index in [1.807, 2.05) is 45.4 Å². The van der Waals surface area contributed by atoms with Crippen molar-refractivity contribution in [3.63, 3.8) is 0 Å². The van der Waals surface area contributed by atoms with Crippen molar-refractivity contribution in [3.05, 3.63) is 105 Å². The van der Waals surface area contributed by atoms with Crippen LogP contribution in [0, 0.1) is 17.8 Å². The summed E-state index contributed by atoms with van der Waals surface area (Å²) in [5.41, 5.74) is 8.96. The minimum atomic E-state index is -1.18. The van der Waals surface area contributed by atoms with Crippen molar-refractivity contribution in [3.8, 4) is 51.7 Å². The molecule has 0 radical (unpaired) electrons. The van der Waals surface area contributed by atoms with Gasteiger partial charge in [-0.1, -0.05) is 43.9 Å². The summed E-state index contributed by atoms with van der Waals surface area (Å²) in [6.07, 6.45) is 6.21. The Morgan fingerprint density at radius 3 is 2.62 bits per heavy atom. The second-order valence-electron chi connectivity index (χ2n) is 20.0. The lowest BCUT2D eigenvalue weighted by Crippen LogP contribution is -2.62. The van der Waals surface area contributed by atoms with Crippen molar-refractivity contribution >= 4 is 17.0 Å². The van der Waals surface area contributed by atoms with E-state index in [1.165, 1.54) is 11.1 Å². The van der Waals surface area contributed by atoms with Gasteiger partial charge < -0.3 is 55.0 Å². The molecule has 5 aliphatic rings. The number of aliphatic hydroxyl groups excluding tert-OH is 1. The second-order valence-corrected chi connectivity index (χ2v) is 20.0. The molecule has 4 aromatic carbocycles. The van der Waals surface area contributed by atoms with Crippen molar-refractivity contribution < 1.29 is 39.4 Å². The number of aromatic hydroxyl groups is 2. The molecule has 10 rings (SSSR count). The summed E-state index contributed by atoms with van der Waals surface area (Å²) in [5.74, 6) is 9.21. The van der Waals surface area contributed by atoms with Crippen molar-refractivity contribution in [1.29, 1.82) is 0 Å². The number of aliphatic hydroxyl groups is 2. The van der Waals surface area contributed by atoms with Crippen molar-refractivity contribution in [2.45, 2.75) is 101 Å². The van der Waals surface area contributed by atoms with Gasteiger partial charge in [-0.05, 0) is 140 Å². The highest BCUT2D eigenvalue weighted by Gasteiger charge is 2.55. The molecule has 2 aliphatic carbocycles. The van der Waals surface area contributed by atoms with Gasteiger partial charge in [0.15, 0.2) is 17.6 Å². The molecular weight excluding hydrogens is 859 g/mol. The minimum absolute atomic E-state index is 0.0228. The fourth-order valence-electron chi connectivity index (χ4n) is 11.9. The molecule has 7 unspecified atom stereocenters. The van der Waals surface area contributed by atoms with Crippen molar-refractivity contribution in [2.75, 3.05) is 53.8 Å². The lowest BCUT2D eigenvalue weighted by atomic mass is 9.62. The molecule has 0 saturated carbocycles. The number of phenolic OH excluding ortho intramolecular Hbond substituents is 2. The zero-order valence-electron chi connectivity index (χ0n) is 39.7. The van der Waals surface area contributed by atoms with Crippen molar-refractivity contribution in [2.24, 2.45) is 5.92 Å². The van der Waals surface area contributed by atoms with Crippen LogP contribution < -0.4 is 35.5 Å². The summed E-state index contributed by atoms with van der Waals surface area (Å²) < 4.78 is 27.9. The first kappa shape index (κ1) is 46.2. The standard InChI is InChI=1S/C55H65N5O8/c1-31(2)24-54(3,64)28-58-29-60-47-8-6-7-19-65-46-22-34(10-15-45(46)63)53-55(47,66-30-57-5)25-42-39-23-41-48(33-9-14-43-32(20-33)17-18-59-43)35(26-56-4)21-40-44(62)16-13-37(49(40)41)50(39)52-38(51(42)68-53)12-11-36(27-61)67-52/h9-10,13-18,20-22,31,36,41,47-48,53,56-64H,7,11-12,19,23-30H2,1-5H3. The van der Waals surface area contributed by atoms with Crippen LogP contribution in [0.1, 0.15) is 96.9 Å². The van der Waals surface area contributed by atoms with Crippen LogP contribution >= 0.6 is 0 Å². The normalized spacial score (nSPS) is 24.2. The number of hydrogen-bond donors (Lipinski definition) is 9. The second kappa shape index (κ2) is 18.7. The third-order valence-electron chi connectivity index (χ3n) is 14.6. The number of rotatable bonds is 14. The first-order valence-electron chi connectivity index (χ1n) is 24.3. The molecule has 9 N–H and O–H groups in total. The van der Waals surface area contributed by atoms with Gasteiger partial charge >= 0.3 is 0 Å². The molecule has 0 saturated heterocycles. The molecule has 7 atom stereocenters. The topological polar surface area (TPSA) is 182 Å². The quantitative estimate of drug-likeness (QED) is 0.0329. The third kappa shape index (κ3) is 8.30. The average Bonchev–Trinajstić information content (AvgIpc) is 3.79. The van der Waals surface area contributed by atoms with Gasteiger partial charge in [-0.2, -0.15) is 0 Å². The molecule has 358 valence electrons. The van der Waals surface area contributed by atoms with Gasteiger partial charge in [-0.3, -0.25) is 10.6 Å². The van der Waals surface area contributed by atoms with Crippen LogP contribution in [0.15, 0.2) is 66.4 Å². The van der Waals surface area contributed by atoms with E-state index in [0.717, 1.165) is 61.2 Å². The Bertz CT molecular complexity index is 2810. The number of aromatic nitrogens is 1. The maximum atomic E-state index is 11.7. The average molecular weight is 924 g/mol. The van der Waals surface area contributed by atoms with Crippen LogP contribution in [-0.2, 0) is 24.0 Å². The molecule has 3 aliphatic heterocycles. The van der Waals surface area contributed by atoms with Gasteiger partial charge in [0.1, 0.15) is 35.0 Å². The summed E-state index contributed by atoms with van der Waals surface area (Å²) >= 11 is 0. The highest BCUT2D eigenvalue weighted by Crippen LogP contribution is 2.62. The molecule has 2 bridgehead atoms. The first-order chi connectivity index (χ1) is 32.9. The summed E-state index contributed by atoms with van der Waals surface area (Å²) in [4.78, 5) is 3.37. The predicted molar refractivity (Wildman–Crippen MR) is 263 cm³/mol. The summed E-state index contributed by atoms with van der Waals surface area (Å²) in [5, 5.41) is 59.7. The monoisotopic (exact) mass is 923 g/mol. The number of aromatic amines is 1. The van der Waals surface area contributed by atoms with E-state index >= 15 is 0 Å². The van der Waals surface area contributed by atoms with Crippen LogP contribution in [0.3, 0.4) is 0 Å². The maximum absolute atomic E-state index is 11.7. The predicted octanol–water partition coefficient (Wildman–Crippen LogP) is 6.67. The Hall–Kier alpha value is -5.56. The van der Waals surface area contributed by atoms with Crippen LogP contribution in [0.5, 0.6) is 28.7 Å². The Kier molecular flexibility index (Phi) is 12.7. The van der Waals surface area contributed by atoms with E-state index in [2.05, 4.69) is 82.3 Å². The highest BCUT2D eigenvalue weighted by atomic mass is 16.6. The number of fused-ring (bicyclic) bond motifs is 12. The lowest BCUT2D eigenvalue weighted by molar-refractivity contribution is -0.141. The number of benzene rings is 4. The van der Waals surface area contributed by atoms with E-state index in [4.69, 9.17) is 18.9 Å². The number of ether oxygens (including phenoxy) is 4. The summed E-state index contributed by atoms with van der Waals surface area (Å²) in [7, 11) is 3.82. The Balaban J connectivity index is 1.19. The molecule has 5 aromatic rings. The van der Waals surface area contributed by atoms with Gasteiger partial charge in [0.25, 0.3) is 0 Å². The van der Waals surface area contributed by atoms with Gasteiger partial charge in [0, 0.05) is 72.5 Å². The van der Waals surface area contributed by atoms with Crippen molar-refractivity contribution in [1.82, 2.24) is 26.3 Å². The first-order valence-corrected chi connectivity index (χ1v) is 24.3. The van der Waals surface area contributed by atoms with Crippen LogP contribution in [0.2, 0.25) is 0 Å². The van der Waals surface area contributed by atoms with E-state index in [-0.39, 0.29) is 43.3 Å². The largest absolute Gasteiger partial charge is 0.507 e. The molecule has 13 nitrogen and oxygen atoms in total. The molecule has 13 heteroatoms. The van der Waals surface area contributed by atoms with E-state index in [0.29, 0.717) is 75.7 Å². The Morgan fingerprint density at radius 2 is 1.81 bits per heavy atom. The summed E-state index contributed by atoms with van der Waals surface area (Å²) in [6, 6.07) is 17.4. The summed E-state index contributed by atoms with van der Waals surface area (Å²) in [6.45, 7) is 7.72. The van der Waals surface area contributed by atoms with Crippen LogP contribution in [0.25, 0.3) is 28.1 Å². The third-order valence-corrected chi connectivity index (χ3v) is 14.6. The van der Waals surface area contributed by atoms with Crippen LogP contribution in [0.4, 0.5) is 0 Å². The lowest BCUT2D eigenvalue weighted by Gasteiger charge is -2.50. The SMILES string of the molecule is CNCOC12Cc3c4c(c5c(c3OC1c1ccc(O)c(c1)OCCC#CC2NCNCC(C)(O)CC(C)C)CCC(CO)O5)-c1ccc(O)c2c1C(C4)C(c1ccc3[nH]ccc3c1)C(CNC)=C2. The van der Waals surface area contributed by atoms with Gasteiger partial charge in [-0.25, -0.2) is 0 Å². The molecule has 68 heavy (non-hydrogen) atoms. The number of phenols is 2. The zero-order chi connectivity index (χ0) is 47.3. The molecule has 1 aromatic heterocycles. The van der Waals surface area contributed by atoms with Gasteiger partial charge in [0.05, 0.1) is 25.5 Å². The smallest absolute Gasteiger partial charge is 0.161 e. The van der Waals surface area contributed by atoms with Crippen LogP contribution in [-0.4, -0.2) is 103 Å². The zero-order valence-corrected chi connectivity index (χ0v) is 39.7. The highest BCUT2D eigenvalue weighted by molar-refractivity contribution is 5.90. The molecule has 4 heterocycles. The van der Waals surface area contributed by atoms with E-state index < -0.39 is 29.5 Å². The molecule has 0 spiro atoms. The van der Waals surface area contributed by atoms with Gasteiger partial charge in [0.2, 0.25) is 0 Å². The van der Waals surface area contributed by atoms with Gasteiger partial charge in [-0.15, -0.1) is 0 Å².